The van der Waals surface area contributed by atoms with E-state index in [1.807, 2.05) is 6.92 Å². The van der Waals surface area contributed by atoms with E-state index in [-0.39, 0.29) is 16.9 Å². The first kappa shape index (κ1) is 14.5. The number of nitrogen functional groups attached to an aromatic ring is 1. The normalized spacial score (nSPS) is 13.7. The van der Waals surface area contributed by atoms with Gasteiger partial charge < -0.3 is 10.7 Å². The van der Waals surface area contributed by atoms with Gasteiger partial charge in [-0.1, -0.05) is 6.92 Å². The Bertz CT molecular complexity index is 423. The molecular formula is C10H17N5O2S. The van der Waals surface area contributed by atoms with Crippen LogP contribution in [0.5, 0.6) is 0 Å². The second-order valence-electron chi connectivity index (χ2n) is 3.79. The number of carbonyl (C=O) groups is 1. The van der Waals surface area contributed by atoms with Crippen molar-refractivity contribution in [1.82, 2.24) is 15.3 Å². The molecule has 1 amide bonds. The van der Waals surface area contributed by atoms with Gasteiger partial charge in [0.05, 0.1) is 12.4 Å². The van der Waals surface area contributed by atoms with Crippen molar-refractivity contribution in [3.05, 3.63) is 18.1 Å². The van der Waals surface area contributed by atoms with E-state index < -0.39 is 10.8 Å². The van der Waals surface area contributed by atoms with Crippen molar-refractivity contribution in [2.45, 2.75) is 18.6 Å². The Morgan fingerprint density at radius 2 is 2.22 bits per heavy atom. The summed E-state index contributed by atoms with van der Waals surface area (Å²) in [5.41, 5.74) is 2.55. The van der Waals surface area contributed by atoms with Gasteiger partial charge in [-0.15, -0.1) is 0 Å². The molecule has 0 aliphatic carbocycles. The summed E-state index contributed by atoms with van der Waals surface area (Å²) in [5, 5.41) is 2.75. The molecule has 7 nitrogen and oxygen atoms in total. The van der Waals surface area contributed by atoms with Crippen LogP contribution in [0, 0.1) is 0 Å². The number of nitrogens with zero attached hydrogens (tertiary/aromatic N) is 2. The fourth-order valence-corrected chi connectivity index (χ4v) is 1.62. The molecule has 0 saturated carbocycles. The highest BCUT2D eigenvalue weighted by Gasteiger charge is 2.09. The van der Waals surface area contributed by atoms with Gasteiger partial charge in [0.1, 0.15) is 5.69 Å². The van der Waals surface area contributed by atoms with Crippen molar-refractivity contribution in [3.63, 3.8) is 0 Å². The number of carbonyl (C=O) groups excluding carboxylic acids is 1. The highest BCUT2D eigenvalue weighted by Crippen LogP contribution is 2.00. The Morgan fingerprint density at radius 1 is 1.50 bits per heavy atom. The molecule has 4 N–H and O–H groups in total. The van der Waals surface area contributed by atoms with Crippen LogP contribution in [0.2, 0.25) is 0 Å². The Kier molecular flexibility index (Phi) is 5.66. The molecule has 1 rings (SSSR count). The number of amides is 1. The molecule has 0 fully saturated rings. The first-order valence-corrected chi connectivity index (χ1v) is 7.05. The molecule has 100 valence electrons. The number of hydrazine groups is 1. The van der Waals surface area contributed by atoms with Gasteiger partial charge in [-0.2, -0.15) is 0 Å². The number of hydrogen-bond acceptors (Lipinski definition) is 6. The topological polar surface area (TPSA) is 110 Å². The van der Waals surface area contributed by atoms with Crippen molar-refractivity contribution in [2.24, 2.45) is 5.84 Å². The lowest BCUT2D eigenvalue weighted by molar-refractivity contribution is 0.0948. The highest BCUT2D eigenvalue weighted by atomic mass is 32.2. The molecule has 1 aromatic heterocycles. The summed E-state index contributed by atoms with van der Waals surface area (Å²) in [6, 6.07) is 0. The van der Waals surface area contributed by atoms with Gasteiger partial charge in [-0.05, 0) is 6.42 Å². The van der Waals surface area contributed by atoms with Gasteiger partial charge in [0.15, 0.2) is 5.82 Å². The van der Waals surface area contributed by atoms with Crippen molar-refractivity contribution < 1.29 is 9.00 Å². The van der Waals surface area contributed by atoms with Crippen molar-refractivity contribution in [2.75, 3.05) is 18.2 Å². The summed E-state index contributed by atoms with van der Waals surface area (Å²) in [5.74, 6) is 5.22. The van der Waals surface area contributed by atoms with E-state index in [2.05, 4.69) is 20.7 Å². The number of nitrogens with one attached hydrogen (secondary N) is 2. The maximum Gasteiger partial charge on any atom is 0.271 e. The summed E-state index contributed by atoms with van der Waals surface area (Å²) >= 11 is 0. The standard InChI is InChI=1S/C10H17N5O2S/c1-7(18(2)17)3-4-12-10(16)8-5-14-9(15-11)6-13-8/h5-7H,3-4,11H2,1-2H3,(H,12,16)(H,14,15). The molecule has 0 aliphatic heterocycles. The molecule has 18 heavy (non-hydrogen) atoms. The number of nitrogens with two attached hydrogens (primary N) is 1. The van der Waals surface area contributed by atoms with Gasteiger partial charge in [0.25, 0.3) is 5.91 Å². The van der Waals surface area contributed by atoms with Crippen LogP contribution in [0.4, 0.5) is 5.82 Å². The minimum atomic E-state index is -0.875. The van der Waals surface area contributed by atoms with E-state index >= 15 is 0 Å². The van der Waals surface area contributed by atoms with E-state index in [1.54, 1.807) is 6.26 Å². The first-order chi connectivity index (χ1) is 8.54. The molecule has 2 atom stereocenters. The van der Waals surface area contributed by atoms with Gasteiger partial charge in [-0.25, -0.2) is 15.8 Å². The number of hydrogen-bond donors (Lipinski definition) is 3. The van der Waals surface area contributed by atoms with Crippen molar-refractivity contribution in [1.29, 1.82) is 0 Å². The van der Waals surface area contributed by atoms with Crippen LogP contribution < -0.4 is 16.6 Å². The van der Waals surface area contributed by atoms with E-state index in [4.69, 9.17) is 5.84 Å². The summed E-state index contributed by atoms with van der Waals surface area (Å²) in [7, 11) is -0.875. The maximum absolute atomic E-state index is 11.7. The summed E-state index contributed by atoms with van der Waals surface area (Å²) in [6.07, 6.45) is 5.02. The fourth-order valence-electron chi connectivity index (χ4n) is 1.17. The smallest absolute Gasteiger partial charge is 0.271 e. The third-order valence-corrected chi connectivity index (χ3v) is 3.80. The minimum Gasteiger partial charge on any atom is -0.351 e. The monoisotopic (exact) mass is 271 g/mol. The van der Waals surface area contributed by atoms with Crippen LogP contribution >= 0.6 is 0 Å². The van der Waals surface area contributed by atoms with E-state index in [0.29, 0.717) is 18.8 Å². The Morgan fingerprint density at radius 3 is 2.72 bits per heavy atom. The Labute approximate surface area is 108 Å². The molecule has 8 heteroatoms. The van der Waals surface area contributed by atoms with Crippen LogP contribution in [0.25, 0.3) is 0 Å². The lowest BCUT2D eigenvalue weighted by Gasteiger charge is -2.09. The lowest BCUT2D eigenvalue weighted by Crippen LogP contribution is -2.28. The maximum atomic E-state index is 11.7. The molecular weight excluding hydrogens is 254 g/mol. The zero-order valence-electron chi connectivity index (χ0n) is 10.3. The van der Waals surface area contributed by atoms with E-state index in [1.165, 1.54) is 12.4 Å². The second kappa shape index (κ2) is 7.02. The van der Waals surface area contributed by atoms with Crippen LogP contribution in [0.3, 0.4) is 0 Å². The lowest BCUT2D eigenvalue weighted by atomic mass is 10.3. The third kappa shape index (κ3) is 4.38. The van der Waals surface area contributed by atoms with Crippen LogP contribution in [0.1, 0.15) is 23.8 Å². The van der Waals surface area contributed by atoms with Crippen molar-refractivity contribution in [3.8, 4) is 0 Å². The number of anilines is 1. The molecule has 0 aromatic carbocycles. The average Bonchev–Trinajstić information content (AvgIpc) is 2.38. The van der Waals surface area contributed by atoms with Gasteiger partial charge in [0.2, 0.25) is 0 Å². The summed E-state index contributed by atoms with van der Waals surface area (Å²) in [6.45, 7) is 2.34. The molecule has 1 aromatic rings. The molecule has 0 saturated heterocycles. The van der Waals surface area contributed by atoms with Crippen LogP contribution in [-0.2, 0) is 10.8 Å². The summed E-state index contributed by atoms with van der Waals surface area (Å²) < 4.78 is 11.1. The first-order valence-electron chi connectivity index (χ1n) is 5.43. The zero-order chi connectivity index (χ0) is 13.5. The highest BCUT2D eigenvalue weighted by molar-refractivity contribution is 7.84. The quantitative estimate of drug-likeness (QED) is 0.482. The van der Waals surface area contributed by atoms with Crippen LogP contribution in [-0.4, -0.2) is 38.1 Å². The van der Waals surface area contributed by atoms with Crippen LogP contribution in [0.15, 0.2) is 12.4 Å². The van der Waals surface area contributed by atoms with E-state index in [0.717, 1.165) is 0 Å². The molecule has 1 heterocycles. The van der Waals surface area contributed by atoms with Gasteiger partial charge in [0, 0.05) is 28.9 Å². The Balaban J connectivity index is 2.42. The van der Waals surface area contributed by atoms with Gasteiger partial charge in [-0.3, -0.25) is 9.00 Å². The molecule has 0 aliphatic rings. The fraction of sp³-hybridized carbons (Fsp3) is 0.500. The second-order valence-corrected chi connectivity index (χ2v) is 5.59. The Hall–Kier alpha value is -1.54. The average molecular weight is 271 g/mol. The SMILES string of the molecule is CC(CCNC(=O)c1cnc(NN)cn1)S(C)=O. The van der Waals surface area contributed by atoms with Gasteiger partial charge >= 0.3 is 0 Å². The molecule has 2 unspecified atom stereocenters. The van der Waals surface area contributed by atoms with E-state index in [9.17, 15) is 9.00 Å². The minimum absolute atomic E-state index is 0.0557. The largest absolute Gasteiger partial charge is 0.351 e. The number of aromatic nitrogens is 2. The molecule has 0 bridgehead atoms. The predicted molar refractivity (Wildman–Crippen MR) is 70.3 cm³/mol. The number of rotatable bonds is 6. The van der Waals surface area contributed by atoms with Crippen molar-refractivity contribution >= 4 is 22.5 Å². The third-order valence-electron chi connectivity index (χ3n) is 2.44. The molecule has 0 radical (unpaired) electrons. The summed E-state index contributed by atoms with van der Waals surface area (Å²) in [4.78, 5) is 19.4. The zero-order valence-corrected chi connectivity index (χ0v) is 11.2. The molecule has 0 spiro atoms. The predicted octanol–water partition coefficient (Wildman–Crippen LogP) is -0.351.